The van der Waals surface area contributed by atoms with Crippen LogP contribution >= 0.6 is 18.9 Å². The van der Waals surface area contributed by atoms with Gasteiger partial charge in [-0.15, -0.1) is 11.3 Å². The van der Waals surface area contributed by atoms with Crippen molar-refractivity contribution in [2.24, 2.45) is 5.16 Å². The predicted molar refractivity (Wildman–Crippen MR) is 87.8 cm³/mol. The van der Waals surface area contributed by atoms with Gasteiger partial charge in [-0.2, -0.15) is 0 Å². The molecule has 1 heterocycles. The van der Waals surface area contributed by atoms with Crippen molar-refractivity contribution in [3.8, 4) is 5.75 Å². The highest BCUT2D eigenvalue weighted by atomic mass is 32.1. The Kier molecular flexibility index (Phi) is 5.92. The Balaban J connectivity index is 1.99. The average molecular weight is 354 g/mol. The van der Waals surface area contributed by atoms with Gasteiger partial charge < -0.3 is 19.6 Å². The Labute approximate surface area is 137 Å². The first-order chi connectivity index (χ1) is 11.0. The molecule has 0 fully saturated rings. The number of nitrogens with zero attached hydrogens (tertiary/aromatic N) is 1. The minimum atomic E-state index is -4.03. The summed E-state index contributed by atoms with van der Waals surface area (Å²) in [7, 11) is -2.71. The number of amides is 1. The molecule has 9 heteroatoms. The first kappa shape index (κ1) is 17.2. The highest BCUT2D eigenvalue weighted by Gasteiger charge is 2.24. The molecule has 0 aliphatic heterocycles. The standard InChI is InChI=1S/C14H15N2O5PS/c1-20-16-13(12-8-5-9-23-12)14(17)15-10-22(18,19)21-11-6-3-2-4-7-11/h2-9H,10H2,1H3,(H,15,17)(H,18,19)/b16-13+. The molecule has 0 saturated carbocycles. The summed E-state index contributed by atoms with van der Waals surface area (Å²) < 4.78 is 17.0. The van der Waals surface area contributed by atoms with Crippen molar-refractivity contribution < 1.29 is 23.6 Å². The lowest BCUT2D eigenvalue weighted by molar-refractivity contribution is -0.114. The van der Waals surface area contributed by atoms with Crippen molar-refractivity contribution in [1.29, 1.82) is 0 Å². The number of hydrogen-bond donors (Lipinski definition) is 2. The van der Waals surface area contributed by atoms with Crippen LogP contribution in [-0.2, 0) is 14.2 Å². The van der Waals surface area contributed by atoms with E-state index >= 15 is 0 Å². The maximum Gasteiger partial charge on any atom is 0.395 e. The predicted octanol–water partition coefficient (Wildman–Crippen LogP) is 2.44. The number of carbonyl (C=O) groups is 1. The van der Waals surface area contributed by atoms with Crippen LogP contribution in [0.5, 0.6) is 5.75 Å². The fourth-order valence-corrected chi connectivity index (χ4v) is 3.20. The van der Waals surface area contributed by atoms with Crippen LogP contribution in [0.3, 0.4) is 0 Å². The molecule has 0 aliphatic carbocycles. The molecule has 0 spiro atoms. The van der Waals surface area contributed by atoms with Crippen molar-refractivity contribution in [2.45, 2.75) is 0 Å². The van der Waals surface area contributed by atoms with Crippen molar-refractivity contribution in [2.75, 3.05) is 13.4 Å². The molecule has 0 saturated heterocycles. The first-order valence-corrected chi connectivity index (χ1v) is 9.16. The molecule has 1 aromatic carbocycles. The van der Waals surface area contributed by atoms with E-state index in [1.54, 1.807) is 47.8 Å². The number of thiophene rings is 1. The van der Waals surface area contributed by atoms with Crippen LogP contribution in [0.15, 0.2) is 53.0 Å². The van der Waals surface area contributed by atoms with Gasteiger partial charge in [-0.1, -0.05) is 29.4 Å². The van der Waals surface area contributed by atoms with Crippen molar-refractivity contribution in [1.82, 2.24) is 5.32 Å². The van der Waals surface area contributed by atoms with Gasteiger partial charge in [-0.3, -0.25) is 4.79 Å². The fourth-order valence-electron chi connectivity index (χ4n) is 1.64. The summed E-state index contributed by atoms with van der Waals surface area (Å²) in [6, 6.07) is 11.7. The van der Waals surface area contributed by atoms with Gasteiger partial charge in [0.15, 0.2) is 5.71 Å². The van der Waals surface area contributed by atoms with E-state index in [-0.39, 0.29) is 11.5 Å². The van der Waals surface area contributed by atoms with Gasteiger partial charge >= 0.3 is 7.60 Å². The summed E-state index contributed by atoms with van der Waals surface area (Å²) in [5.41, 5.74) is 0.0298. The number of hydrogen-bond acceptors (Lipinski definition) is 6. The average Bonchev–Trinajstić information content (AvgIpc) is 3.05. The van der Waals surface area contributed by atoms with Crippen molar-refractivity contribution >= 4 is 30.6 Å². The second kappa shape index (κ2) is 7.92. The summed E-state index contributed by atoms with van der Waals surface area (Å²) >= 11 is 1.30. The molecular weight excluding hydrogens is 339 g/mol. The molecule has 1 atom stereocenters. The van der Waals surface area contributed by atoms with Crippen LogP contribution in [0.4, 0.5) is 0 Å². The maximum atomic E-state index is 12.1. The third-order valence-electron chi connectivity index (χ3n) is 2.58. The van der Waals surface area contributed by atoms with E-state index in [4.69, 9.17) is 4.52 Å². The van der Waals surface area contributed by atoms with Gasteiger partial charge in [0.1, 0.15) is 19.1 Å². The molecular formula is C14H15N2O5PS. The number of benzene rings is 1. The van der Waals surface area contributed by atoms with Gasteiger partial charge in [0.05, 0.1) is 4.88 Å². The lowest BCUT2D eigenvalue weighted by Crippen LogP contribution is -2.32. The largest absolute Gasteiger partial charge is 0.423 e. The van der Waals surface area contributed by atoms with Crippen LogP contribution in [0, 0.1) is 0 Å². The van der Waals surface area contributed by atoms with Crippen LogP contribution < -0.4 is 9.84 Å². The van der Waals surface area contributed by atoms with E-state index in [2.05, 4.69) is 15.3 Å². The normalized spacial score (nSPS) is 13.9. The molecule has 1 aromatic heterocycles. The molecule has 23 heavy (non-hydrogen) atoms. The first-order valence-electron chi connectivity index (χ1n) is 6.51. The Morgan fingerprint density at radius 1 is 1.30 bits per heavy atom. The van der Waals surface area contributed by atoms with E-state index in [0.29, 0.717) is 4.88 Å². The van der Waals surface area contributed by atoms with Crippen molar-refractivity contribution in [3.05, 3.63) is 52.7 Å². The monoisotopic (exact) mass is 354 g/mol. The lowest BCUT2D eigenvalue weighted by Gasteiger charge is -2.14. The van der Waals surface area contributed by atoms with E-state index in [1.165, 1.54) is 18.4 Å². The number of para-hydroxylation sites is 1. The summed E-state index contributed by atoms with van der Waals surface area (Å²) in [5.74, 6) is -0.378. The van der Waals surface area contributed by atoms with E-state index in [0.717, 1.165) is 0 Å². The minimum absolute atomic E-state index is 0.0298. The van der Waals surface area contributed by atoms with E-state index < -0.39 is 19.8 Å². The van der Waals surface area contributed by atoms with Gasteiger partial charge in [0.25, 0.3) is 5.91 Å². The summed E-state index contributed by atoms with van der Waals surface area (Å²) in [6.07, 6.45) is -0.547. The zero-order chi connectivity index (χ0) is 16.7. The zero-order valence-electron chi connectivity index (χ0n) is 12.2. The third-order valence-corrected chi connectivity index (χ3v) is 4.51. The SMILES string of the molecule is CO/N=C(/C(=O)NCP(=O)(O)Oc1ccccc1)c1cccs1. The van der Waals surface area contributed by atoms with E-state index in [9.17, 15) is 14.3 Å². The molecule has 7 nitrogen and oxygen atoms in total. The Hall–Kier alpha value is -2.15. The van der Waals surface area contributed by atoms with Gasteiger partial charge in [0.2, 0.25) is 0 Å². The maximum absolute atomic E-state index is 12.1. The van der Waals surface area contributed by atoms with Crippen molar-refractivity contribution in [3.63, 3.8) is 0 Å². The van der Waals surface area contributed by atoms with Crippen LogP contribution in [0.2, 0.25) is 0 Å². The highest BCUT2D eigenvalue weighted by molar-refractivity contribution is 7.53. The van der Waals surface area contributed by atoms with E-state index in [1.807, 2.05) is 0 Å². The Morgan fingerprint density at radius 3 is 2.65 bits per heavy atom. The Morgan fingerprint density at radius 2 is 2.04 bits per heavy atom. The quantitative estimate of drug-likeness (QED) is 0.452. The van der Waals surface area contributed by atoms with Gasteiger partial charge in [0, 0.05) is 0 Å². The summed E-state index contributed by atoms with van der Waals surface area (Å²) in [6.45, 7) is 0. The van der Waals surface area contributed by atoms with Crippen LogP contribution in [0.25, 0.3) is 0 Å². The molecule has 2 aromatic rings. The second-order valence-electron chi connectivity index (χ2n) is 4.31. The number of rotatable bonds is 7. The zero-order valence-corrected chi connectivity index (χ0v) is 13.9. The molecule has 122 valence electrons. The van der Waals surface area contributed by atoms with Gasteiger partial charge in [-0.25, -0.2) is 4.57 Å². The molecule has 1 amide bonds. The molecule has 0 radical (unpaired) electrons. The highest BCUT2D eigenvalue weighted by Crippen LogP contribution is 2.41. The lowest BCUT2D eigenvalue weighted by atomic mass is 10.3. The third kappa shape index (κ3) is 5.21. The molecule has 2 N–H and O–H groups in total. The molecule has 0 aliphatic rings. The second-order valence-corrected chi connectivity index (χ2v) is 7.03. The van der Waals surface area contributed by atoms with Crippen LogP contribution in [-0.4, -0.2) is 29.9 Å². The molecule has 0 bridgehead atoms. The summed E-state index contributed by atoms with van der Waals surface area (Å²) in [4.78, 5) is 27.2. The fraction of sp³-hybridized carbons (Fsp3) is 0.143. The smallest absolute Gasteiger partial charge is 0.395 e. The number of carbonyl (C=O) groups excluding carboxylic acids is 1. The van der Waals surface area contributed by atoms with Crippen LogP contribution in [0.1, 0.15) is 4.88 Å². The minimum Gasteiger partial charge on any atom is -0.423 e. The van der Waals surface area contributed by atoms with Gasteiger partial charge in [-0.05, 0) is 23.6 Å². The summed E-state index contributed by atoms with van der Waals surface area (Å²) in [5, 5.41) is 7.77. The number of nitrogens with one attached hydrogen (secondary N) is 1. The molecule has 2 rings (SSSR count). The topological polar surface area (TPSA) is 97.2 Å². The number of oxime groups is 1. The molecule has 1 unspecified atom stereocenters. The Bertz CT molecular complexity index is 718.